The van der Waals surface area contributed by atoms with Crippen LogP contribution in [0.5, 0.6) is 0 Å². The van der Waals surface area contributed by atoms with Crippen LogP contribution in [0.2, 0.25) is 0 Å². The Bertz CT molecular complexity index is 315. The van der Waals surface area contributed by atoms with Crippen molar-refractivity contribution in [2.75, 3.05) is 19.6 Å². The Balaban J connectivity index is 0.000000325. The summed E-state index contributed by atoms with van der Waals surface area (Å²) in [5.41, 5.74) is 0.309. The highest BCUT2D eigenvalue weighted by Crippen LogP contribution is 2.09. The van der Waals surface area contributed by atoms with Crippen molar-refractivity contribution in [1.82, 2.24) is 4.90 Å². The van der Waals surface area contributed by atoms with Crippen LogP contribution in [0.25, 0.3) is 0 Å². The lowest BCUT2D eigenvalue weighted by Crippen LogP contribution is -2.21. The molecule has 0 saturated heterocycles. The van der Waals surface area contributed by atoms with E-state index >= 15 is 0 Å². The molecule has 0 spiro atoms. The molecule has 0 heterocycles. The lowest BCUT2D eigenvalue weighted by atomic mass is 10.2. The van der Waals surface area contributed by atoms with Gasteiger partial charge in [0.2, 0.25) is 0 Å². The van der Waals surface area contributed by atoms with Gasteiger partial charge in [-0.15, -0.1) is 0 Å². The van der Waals surface area contributed by atoms with Gasteiger partial charge in [-0.25, -0.2) is 4.79 Å². The van der Waals surface area contributed by atoms with Crippen LogP contribution >= 0.6 is 15.9 Å². The van der Waals surface area contributed by atoms with E-state index in [1.165, 1.54) is 19.6 Å². The molecule has 0 amide bonds. The molecule has 0 aliphatic heterocycles. The van der Waals surface area contributed by atoms with E-state index < -0.39 is 5.97 Å². The van der Waals surface area contributed by atoms with E-state index in [1.807, 2.05) is 0 Å². The van der Waals surface area contributed by atoms with E-state index in [4.69, 9.17) is 5.11 Å². The summed E-state index contributed by atoms with van der Waals surface area (Å²) in [7, 11) is 0. The van der Waals surface area contributed by atoms with Gasteiger partial charge >= 0.3 is 5.97 Å². The Morgan fingerprint density at radius 3 is 1.76 bits per heavy atom. The molecule has 1 rings (SSSR count). The van der Waals surface area contributed by atoms with Crippen LogP contribution in [-0.4, -0.2) is 35.6 Å². The van der Waals surface area contributed by atoms with Crippen molar-refractivity contribution in [2.45, 2.75) is 20.8 Å². The zero-order chi connectivity index (χ0) is 13.3. The maximum absolute atomic E-state index is 10.3. The topological polar surface area (TPSA) is 40.5 Å². The van der Waals surface area contributed by atoms with Gasteiger partial charge in [-0.3, -0.25) is 0 Å². The van der Waals surface area contributed by atoms with Crippen molar-refractivity contribution in [3.05, 3.63) is 34.3 Å². The fraction of sp³-hybridized carbons (Fsp3) is 0.462. The molecular weight excluding hydrogens is 282 g/mol. The number of hydrogen-bond donors (Lipinski definition) is 1. The number of carboxylic acids is 1. The first-order valence-electron chi connectivity index (χ1n) is 5.76. The molecule has 0 atom stereocenters. The Hall–Kier alpha value is -0.870. The average Bonchev–Trinajstić information content (AvgIpc) is 2.32. The van der Waals surface area contributed by atoms with Crippen LogP contribution in [0.15, 0.2) is 28.7 Å². The molecule has 96 valence electrons. The molecule has 17 heavy (non-hydrogen) atoms. The molecule has 0 aromatic heterocycles. The van der Waals surface area contributed by atoms with Crippen LogP contribution in [0.3, 0.4) is 0 Å². The molecular formula is C13H20BrNO2. The van der Waals surface area contributed by atoms with E-state index in [9.17, 15) is 4.79 Å². The Kier molecular flexibility index (Phi) is 8.72. The van der Waals surface area contributed by atoms with E-state index in [2.05, 4.69) is 41.6 Å². The molecule has 0 radical (unpaired) electrons. The van der Waals surface area contributed by atoms with Gasteiger partial charge in [0.25, 0.3) is 0 Å². The Morgan fingerprint density at radius 1 is 1.12 bits per heavy atom. The zero-order valence-electron chi connectivity index (χ0n) is 10.6. The van der Waals surface area contributed by atoms with Crippen LogP contribution in [-0.2, 0) is 0 Å². The van der Waals surface area contributed by atoms with Crippen LogP contribution in [0.4, 0.5) is 0 Å². The van der Waals surface area contributed by atoms with Gasteiger partial charge < -0.3 is 10.0 Å². The number of halogens is 1. The SMILES string of the molecule is CCN(CC)CC.O=C(O)c1ccc(Br)cc1. The number of hydrogen-bond acceptors (Lipinski definition) is 2. The second-order valence-corrected chi connectivity index (χ2v) is 4.35. The highest BCUT2D eigenvalue weighted by molar-refractivity contribution is 9.10. The Morgan fingerprint density at radius 2 is 1.53 bits per heavy atom. The van der Waals surface area contributed by atoms with Crippen molar-refractivity contribution >= 4 is 21.9 Å². The summed E-state index contributed by atoms with van der Waals surface area (Å²) in [6, 6.07) is 6.49. The van der Waals surface area contributed by atoms with Gasteiger partial charge in [-0.1, -0.05) is 36.7 Å². The molecule has 1 aromatic carbocycles. The number of nitrogens with zero attached hydrogens (tertiary/aromatic N) is 1. The summed E-state index contributed by atoms with van der Waals surface area (Å²) in [5.74, 6) is -0.896. The van der Waals surface area contributed by atoms with Crippen molar-refractivity contribution in [3.63, 3.8) is 0 Å². The van der Waals surface area contributed by atoms with Crippen LogP contribution in [0, 0.1) is 0 Å². The minimum absolute atomic E-state index is 0.309. The normalized spacial score (nSPS) is 9.71. The molecule has 3 nitrogen and oxygen atoms in total. The lowest BCUT2D eigenvalue weighted by Gasteiger charge is -2.13. The van der Waals surface area contributed by atoms with Gasteiger partial charge in [-0.05, 0) is 43.9 Å². The summed E-state index contributed by atoms with van der Waals surface area (Å²) in [6.07, 6.45) is 0. The highest BCUT2D eigenvalue weighted by Gasteiger charge is 1.98. The summed E-state index contributed by atoms with van der Waals surface area (Å²) >= 11 is 3.20. The fourth-order valence-corrected chi connectivity index (χ4v) is 1.53. The highest BCUT2D eigenvalue weighted by atomic mass is 79.9. The number of aromatic carboxylic acids is 1. The van der Waals surface area contributed by atoms with Gasteiger partial charge in [0.15, 0.2) is 0 Å². The number of carboxylic acid groups (broad SMARTS) is 1. The molecule has 0 bridgehead atoms. The molecule has 0 aliphatic rings. The predicted molar refractivity (Wildman–Crippen MR) is 74.6 cm³/mol. The predicted octanol–water partition coefficient (Wildman–Crippen LogP) is 3.50. The van der Waals surface area contributed by atoms with Gasteiger partial charge in [0.05, 0.1) is 5.56 Å². The molecule has 4 heteroatoms. The van der Waals surface area contributed by atoms with E-state index in [1.54, 1.807) is 24.3 Å². The first kappa shape index (κ1) is 16.1. The van der Waals surface area contributed by atoms with E-state index in [-0.39, 0.29) is 0 Å². The molecule has 1 aromatic rings. The van der Waals surface area contributed by atoms with E-state index in [0.29, 0.717) is 5.56 Å². The van der Waals surface area contributed by atoms with Crippen molar-refractivity contribution < 1.29 is 9.90 Å². The summed E-state index contributed by atoms with van der Waals surface area (Å²) in [6.45, 7) is 10.1. The number of benzene rings is 1. The van der Waals surface area contributed by atoms with Crippen molar-refractivity contribution in [3.8, 4) is 0 Å². The molecule has 0 unspecified atom stereocenters. The van der Waals surface area contributed by atoms with Gasteiger partial charge in [0, 0.05) is 4.47 Å². The third-order valence-corrected chi connectivity index (χ3v) is 2.96. The summed E-state index contributed by atoms with van der Waals surface area (Å²) in [5, 5.41) is 8.46. The number of carbonyl (C=O) groups is 1. The van der Waals surface area contributed by atoms with E-state index in [0.717, 1.165) is 4.47 Å². The number of rotatable bonds is 4. The molecule has 1 N–H and O–H groups in total. The monoisotopic (exact) mass is 301 g/mol. The van der Waals surface area contributed by atoms with Crippen molar-refractivity contribution in [2.24, 2.45) is 0 Å². The third kappa shape index (κ3) is 7.13. The quantitative estimate of drug-likeness (QED) is 0.925. The second-order valence-electron chi connectivity index (χ2n) is 3.43. The maximum atomic E-state index is 10.3. The summed E-state index contributed by atoms with van der Waals surface area (Å²) in [4.78, 5) is 12.7. The average molecular weight is 302 g/mol. The first-order valence-corrected chi connectivity index (χ1v) is 6.55. The minimum Gasteiger partial charge on any atom is -0.478 e. The Labute approximate surface area is 112 Å². The van der Waals surface area contributed by atoms with Gasteiger partial charge in [-0.2, -0.15) is 0 Å². The third-order valence-electron chi connectivity index (χ3n) is 2.43. The van der Waals surface area contributed by atoms with Crippen molar-refractivity contribution in [1.29, 1.82) is 0 Å². The molecule has 0 saturated carbocycles. The summed E-state index contributed by atoms with van der Waals surface area (Å²) < 4.78 is 0.887. The standard InChI is InChI=1S/C7H5BrO2.C6H15N/c8-6-3-1-5(2-4-6)7(9)10;1-4-7(5-2)6-3/h1-4H,(H,9,10);4-6H2,1-3H3. The largest absolute Gasteiger partial charge is 0.478 e. The maximum Gasteiger partial charge on any atom is 0.335 e. The molecule has 0 fully saturated rings. The fourth-order valence-electron chi connectivity index (χ4n) is 1.26. The first-order chi connectivity index (χ1) is 8.04. The van der Waals surface area contributed by atoms with Crippen LogP contribution in [0.1, 0.15) is 31.1 Å². The van der Waals surface area contributed by atoms with Crippen LogP contribution < -0.4 is 0 Å². The lowest BCUT2D eigenvalue weighted by molar-refractivity contribution is 0.0697. The molecule has 0 aliphatic carbocycles. The van der Waals surface area contributed by atoms with Gasteiger partial charge in [0.1, 0.15) is 0 Å². The zero-order valence-corrected chi connectivity index (χ0v) is 12.2. The second kappa shape index (κ2) is 9.19. The smallest absolute Gasteiger partial charge is 0.335 e. The minimum atomic E-state index is -0.896.